The van der Waals surface area contributed by atoms with Gasteiger partial charge in [-0.05, 0) is 56.4 Å². The minimum Gasteiger partial charge on any atom is -0.497 e. The number of likely N-dealkylation sites (tertiary alicyclic amines) is 1. The first-order valence-corrected chi connectivity index (χ1v) is 14.3. The lowest BCUT2D eigenvalue weighted by molar-refractivity contribution is -0.130. The summed E-state index contributed by atoms with van der Waals surface area (Å²) in [6.07, 6.45) is 1.18. The third-order valence-corrected chi connectivity index (χ3v) is 7.27. The predicted octanol–water partition coefficient (Wildman–Crippen LogP) is 6.93. The zero-order valence-electron chi connectivity index (χ0n) is 25.7. The van der Waals surface area contributed by atoms with E-state index in [1.165, 1.54) is 0 Å². The van der Waals surface area contributed by atoms with Gasteiger partial charge in [0.1, 0.15) is 17.4 Å². The summed E-state index contributed by atoms with van der Waals surface area (Å²) in [7, 11) is 3.34. The number of halogens is 4. The highest BCUT2D eigenvalue weighted by Gasteiger charge is 2.29. The molecule has 0 aliphatic carbocycles. The molecular weight excluding hydrogens is 592 g/mol. The van der Waals surface area contributed by atoms with Crippen LogP contribution in [0.1, 0.15) is 39.5 Å². The van der Waals surface area contributed by atoms with Gasteiger partial charge in [0.15, 0.2) is 0 Å². The van der Waals surface area contributed by atoms with E-state index in [4.69, 9.17) is 4.74 Å². The highest BCUT2D eigenvalue weighted by Crippen LogP contribution is 2.26. The number of carbonyl (C=O) groups excluding carboxylic acids is 2. The minimum atomic E-state index is -4.40. The summed E-state index contributed by atoms with van der Waals surface area (Å²) in [6.45, 7) is 7.57. The molecule has 3 aromatic rings. The molecule has 1 aliphatic heterocycles. The molecular formula is C32H38F4N6O3. The van der Waals surface area contributed by atoms with Crippen molar-refractivity contribution in [3.63, 3.8) is 0 Å². The molecule has 0 atom stereocenters. The summed E-state index contributed by atoms with van der Waals surface area (Å²) in [4.78, 5) is 33.5. The minimum absolute atomic E-state index is 0.0444. The largest absolute Gasteiger partial charge is 0.497 e. The lowest BCUT2D eigenvalue weighted by atomic mass is 9.93. The summed E-state index contributed by atoms with van der Waals surface area (Å²) < 4.78 is 57.8. The SMILES string of the molecule is C=C(Nc1nc2ccccc2n1C)/C(F)=C\C/C=C(\C)C(F)(F)F.COc1ccnc(NC(=O)CC2CCN(C(C)=O)CC2)c1. The van der Waals surface area contributed by atoms with Crippen LogP contribution in [-0.4, -0.2) is 57.6 Å². The summed E-state index contributed by atoms with van der Waals surface area (Å²) >= 11 is 0. The number of hydrogen-bond acceptors (Lipinski definition) is 6. The maximum absolute atomic E-state index is 14.0. The number of rotatable bonds is 9. The third kappa shape index (κ3) is 10.5. The van der Waals surface area contributed by atoms with Gasteiger partial charge in [-0.2, -0.15) is 13.2 Å². The number of fused-ring (bicyclic) bond motifs is 1. The maximum atomic E-state index is 14.0. The van der Waals surface area contributed by atoms with E-state index in [1.807, 2.05) is 29.2 Å². The standard InChI is InChI=1S/C17H17F4N3.C15H21N3O3/c1-11(17(19,20)21)7-6-8-13(18)12(2)22-16-23-14-9-4-5-10-15(14)24(16)3;1-11(19)18-7-4-12(5-8-18)9-15(20)17-14-10-13(21-2)3-6-16-14/h4-5,7-10H,2,6H2,1,3H3,(H,22,23);3,6,10,12H,4-5,7-9H2,1-2H3,(H,16,17,20)/b11-7+,13-8+;. The van der Waals surface area contributed by atoms with Crippen molar-refractivity contribution in [2.75, 3.05) is 30.8 Å². The molecule has 1 aromatic carbocycles. The van der Waals surface area contributed by atoms with Gasteiger partial charge in [0.05, 0.1) is 23.8 Å². The fourth-order valence-electron chi connectivity index (χ4n) is 4.54. The van der Waals surface area contributed by atoms with Crippen molar-refractivity contribution in [2.45, 2.75) is 45.7 Å². The Morgan fingerprint density at radius 2 is 1.80 bits per heavy atom. The average Bonchev–Trinajstić information content (AvgIpc) is 3.31. The van der Waals surface area contributed by atoms with Crippen molar-refractivity contribution < 1.29 is 31.9 Å². The van der Waals surface area contributed by atoms with Crippen molar-refractivity contribution in [2.24, 2.45) is 13.0 Å². The number of aryl methyl sites for hydroxylation is 1. The maximum Gasteiger partial charge on any atom is 0.412 e. The Hall–Kier alpha value is -4.68. The molecule has 1 aliphatic rings. The highest BCUT2D eigenvalue weighted by atomic mass is 19.4. The van der Waals surface area contributed by atoms with Crippen LogP contribution in [0.5, 0.6) is 5.75 Å². The first-order chi connectivity index (χ1) is 21.3. The number of carbonyl (C=O) groups is 2. The molecule has 2 amide bonds. The lowest BCUT2D eigenvalue weighted by Gasteiger charge is -2.30. The Balaban J connectivity index is 0.000000248. The van der Waals surface area contributed by atoms with Gasteiger partial charge < -0.3 is 24.8 Å². The first kappa shape index (κ1) is 34.8. The molecule has 1 saturated heterocycles. The van der Waals surface area contributed by atoms with Crippen molar-refractivity contribution in [3.8, 4) is 5.75 Å². The molecule has 2 aromatic heterocycles. The van der Waals surface area contributed by atoms with Crippen LogP contribution in [0, 0.1) is 5.92 Å². The quantitative estimate of drug-likeness (QED) is 0.151. The zero-order valence-corrected chi connectivity index (χ0v) is 25.7. The fraction of sp³-hybridized carbons (Fsp3) is 0.375. The molecule has 0 unspecified atom stereocenters. The Morgan fingerprint density at radius 3 is 2.42 bits per heavy atom. The molecule has 0 radical (unpaired) electrons. The number of ether oxygens (including phenoxy) is 1. The van der Waals surface area contributed by atoms with Gasteiger partial charge in [-0.1, -0.05) is 24.8 Å². The van der Waals surface area contributed by atoms with Crippen LogP contribution in [-0.2, 0) is 16.6 Å². The van der Waals surface area contributed by atoms with Crippen LogP contribution >= 0.6 is 0 Å². The number of nitrogens with one attached hydrogen (secondary N) is 2. The molecule has 0 saturated carbocycles. The number of pyridine rings is 1. The molecule has 3 heterocycles. The second-order valence-corrected chi connectivity index (χ2v) is 10.5. The smallest absolute Gasteiger partial charge is 0.412 e. The number of hydrogen-bond donors (Lipinski definition) is 2. The normalized spacial score (nSPS) is 14.4. The number of aromatic nitrogens is 3. The Kier molecular flexibility index (Phi) is 12.3. The number of piperidine rings is 1. The lowest BCUT2D eigenvalue weighted by Crippen LogP contribution is -2.37. The molecule has 9 nitrogen and oxygen atoms in total. The molecule has 13 heteroatoms. The number of nitrogens with zero attached hydrogens (tertiary/aromatic N) is 4. The van der Waals surface area contributed by atoms with E-state index in [2.05, 4.69) is 27.2 Å². The van der Waals surface area contributed by atoms with Crippen molar-refractivity contribution in [3.05, 3.63) is 78.4 Å². The summed E-state index contributed by atoms with van der Waals surface area (Å²) in [5, 5.41) is 5.53. The Morgan fingerprint density at radius 1 is 1.11 bits per heavy atom. The van der Waals surface area contributed by atoms with Crippen LogP contribution in [0.25, 0.3) is 11.0 Å². The first-order valence-electron chi connectivity index (χ1n) is 14.3. The highest BCUT2D eigenvalue weighted by molar-refractivity contribution is 5.90. The summed E-state index contributed by atoms with van der Waals surface area (Å²) in [5.74, 6) is 1.22. The van der Waals surface area contributed by atoms with Crippen LogP contribution in [0.15, 0.2) is 78.4 Å². The molecule has 2 N–H and O–H groups in total. The van der Waals surface area contributed by atoms with Crippen molar-refractivity contribution >= 4 is 34.6 Å². The monoisotopic (exact) mass is 630 g/mol. The molecule has 0 bridgehead atoms. The molecule has 45 heavy (non-hydrogen) atoms. The molecule has 1 fully saturated rings. The fourth-order valence-corrected chi connectivity index (χ4v) is 4.54. The Labute approximate surface area is 259 Å². The predicted molar refractivity (Wildman–Crippen MR) is 166 cm³/mol. The van der Waals surface area contributed by atoms with Gasteiger partial charge in [-0.25, -0.2) is 14.4 Å². The topological polar surface area (TPSA) is 101 Å². The van der Waals surface area contributed by atoms with Crippen LogP contribution in [0.3, 0.4) is 0 Å². The number of imidazole rings is 1. The second kappa shape index (κ2) is 15.9. The van der Waals surface area contributed by atoms with Gasteiger partial charge >= 0.3 is 6.18 Å². The van der Waals surface area contributed by atoms with Crippen LogP contribution in [0.4, 0.5) is 29.3 Å². The van der Waals surface area contributed by atoms with Crippen molar-refractivity contribution in [1.29, 1.82) is 0 Å². The molecule has 242 valence electrons. The average molecular weight is 631 g/mol. The van der Waals surface area contributed by atoms with Gasteiger partial charge in [0.2, 0.25) is 17.8 Å². The van der Waals surface area contributed by atoms with Crippen LogP contribution in [0.2, 0.25) is 0 Å². The second-order valence-electron chi connectivity index (χ2n) is 10.5. The number of benzene rings is 1. The van der Waals surface area contributed by atoms with Gasteiger partial charge in [0.25, 0.3) is 0 Å². The number of anilines is 2. The van der Waals surface area contributed by atoms with E-state index in [9.17, 15) is 27.2 Å². The number of methoxy groups -OCH3 is 1. The number of alkyl halides is 3. The number of allylic oxidation sites excluding steroid dienone is 4. The van der Waals surface area contributed by atoms with Crippen LogP contribution < -0.4 is 15.4 Å². The van der Waals surface area contributed by atoms with E-state index in [0.29, 0.717) is 29.9 Å². The van der Waals surface area contributed by atoms with Crippen molar-refractivity contribution in [1.82, 2.24) is 19.4 Å². The van der Waals surface area contributed by atoms with Gasteiger partial charge in [-0.15, -0.1) is 0 Å². The third-order valence-electron chi connectivity index (χ3n) is 7.27. The summed E-state index contributed by atoms with van der Waals surface area (Å²) in [6, 6.07) is 10.8. The van der Waals surface area contributed by atoms with Gasteiger partial charge in [-0.3, -0.25) is 9.59 Å². The Bertz CT molecular complexity index is 1560. The zero-order chi connectivity index (χ0) is 33.1. The van der Waals surface area contributed by atoms with E-state index in [1.54, 1.807) is 44.0 Å². The van der Waals surface area contributed by atoms with E-state index < -0.39 is 17.6 Å². The molecule has 4 rings (SSSR count). The van der Waals surface area contributed by atoms with E-state index >= 15 is 0 Å². The molecule has 0 spiro atoms. The summed E-state index contributed by atoms with van der Waals surface area (Å²) in [5.41, 5.74) is 0.774. The van der Waals surface area contributed by atoms with Gasteiger partial charge in [0, 0.05) is 51.3 Å². The van der Waals surface area contributed by atoms with E-state index in [0.717, 1.165) is 56.0 Å². The number of amides is 2. The number of para-hydroxylation sites is 2. The van der Waals surface area contributed by atoms with E-state index in [-0.39, 0.29) is 23.9 Å².